The molecule has 4 nitrogen and oxygen atoms in total. The fourth-order valence-electron chi connectivity index (χ4n) is 2.62. The Morgan fingerprint density at radius 1 is 1.08 bits per heavy atom. The zero-order valence-electron chi connectivity index (χ0n) is 12.6. The average Bonchev–Trinajstić information content (AvgIpc) is 2.76. The lowest BCUT2D eigenvalue weighted by Gasteiger charge is -2.22. The van der Waals surface area contributed by atoms with Crippen LogP contribution in [0.1, 0.15) is 18.1 Å². The molecule has 1 aliphatic heterocycles. The number of nitrogens with zero attached hydrogens (tertiary/aromatic N) is 1. The topological polar surface area (TPSA) is 49.4 Å². The Balaban J connectivity index is 1.90. The standard InChI is InChI=1S/C17H13ClF2N2O2/c1-17(11-4-7-13(19)14(20)8-11)15(23)22(16(24)21-17)9-10-2-5-12(18)6-3-10/h2-8H,9H2,1H3,(H,21,24). The van der Waals surface area contributed by atoms with E-state index in [4.69, 9.17) is 11.6 Å². The second kappa shape index (κ2) is 5.87. The van der Waals surface area contributed by atoms with Crippen LogP contribution in [0.15, 0.2) is 42.5 Å². The predicted molar refractivity (Wildman–Crippen MR) is 84.2 cm³/mol. The molecule has 7 heteroatoms. The molecule has 0 aliphatic carbocycles. The van der Waals surface area contributed by atoms with E-state index in [1.807, 2.05) is 0 Å². The normalized spacial score (nSPS) is 20.4. The molecule has 1 saturated heterocycles. The molecule has 2 aromatic rings. The highest BCUT2D eigenvalue weighted by Crippen LogP contribution is 2.30. The zero-order valence-corrected chi connectivity index (χ0v) is 13.4. The maximum Gasteiger partial charge on any atom is 0.325 e. The van der Waals surface area contributed by atoms with Crippen LogP contribution < -0.4 is 5.32 Å². The van der Waals surface area contributed by atoms with E-state index in [0.29, 0.717) is 5.02 Å². The van der Waals surface area contributed by atoms with Gasteiger partial charge in [-0.25, -0.2) is 13.6 Å². The third-order valence-corrected chi connectivity index (χ3v) is 4.28. The Morgan fingerprint density at radius 3 is 2.38 bits per heavy atom. The van der Waals surface area contributed by atoms with Crippen molar-refractivity contribution in [3.63, 3.8) is 0 Å². The first-order chi connectivity index (χ1) is 11.3. The van der Waals surface area contributed by atoms with Crippen LogP contribution in [0, 0.1) is 11.6 Å². The minimum Gasteiger partial charge on any atom is -0.319 e. The summed E-state index contributed by atoms with van der Waals surface area (Å²) in [5.74, 6) is -2.63. The summed E-state index contributed by atoms with van der Waals surface area (Å²) in [5.41, 5.74) is -0.547. The number of urea groups is 1. The van der Waals surface area contributed by atoms with Crippen molar-refractivity contribution in [3.05, 3.63) is 70.2 Å². The molecular weight excluding hydrogens is 338 g/mol. The molecule has 0 aromatic heterocycles. The monoisotopic (exact) mass is 350 g/mol. The maximum absolute atomic E-state index is 13.5. The van der Waals surface area contributed by atoms with Gasteiger partial charge in [0.05, 0.1) is 6.54 Å². The Bertz CT molecular complexity index is 826. The van der Waals surface area contributed by atoms with E-state index in [1.165, 1.54) is 13.0 Å². The van der Waals surface area contributed by atoms with Crippen molar-refractivity contribution in [2.24, 2.45) is 0 Å². The number of halogens is 3. The number of rotatable bonds is 3. The minimum atomic E-state index is -1.45. The molecule has 3 rings (SSSR count). The van der Waals surface area contributed by atoms with Crippen LogP contribution >= 0.6 is 11.6 Å². The summed E-state index contributed by atoms with van der Waals surface area (Å²) in [6.07, 6.45) is 0. The van der Waals surface area contributed by atoms with E-state index in [2.05, 4.69) is 5.32 Å². The molecule has 1 fully saturated rings. The van der Waals surface area contributed by atoms with Crippen LogP contribution in [-0.2, 0) is 16.9 Å². The van der Waals surface area contributed by atoms with E-state index in [9.17, 15) is 18.4 Å². The summed E-state index contributed by atoms with van der Waals surface area (Å²) in [4.78, 5) is 25.9. The Labute approximate surface area is 142 Å². The smallest absolute Gasteiger partial charge is 0.319 e. The van der Waals surface area contributed by atoms with Gasteiger partial charge in [-0.15, -0.1) is 0 Å². The summed E-state index contributed by atoms with van der Waals surface area (Å²) in [6, 6.07) is 9.25. The van der Waals surface area contributed by atoms with Crippen LogP contribution in [0.25, 0.3) is 0 Å². The second-order valence-corrected chi connectivity index (χ2v) is 6.14. The minimum absolute atomic E-state index is 0.0566. The SMILES string of the molecule is CC1(c2ccc(F)c(F)c2)NC(=O)N(Cc2ccc(Cl)cc2)C1=O. The lowest BCUT2D eigenvalue weighted by atomic mass is 9.92. The summed E-state index contributed by atoms with van der Waals surface area (Å²) in [7, 11) is 0. The van der Waals surface area contributed by atoms with Gasteiger partial charge < -0.3 is 5.32 Å². The zero-order chi connectivity index (χ0) is 17.5. The van der Waals surface area contributed by atoms with Crippen molar-refractivity contribution in [1.82, 2.24) is 10.2 Å². The first-order valence-corrected chi connectivity index (χ1v) is 7.53. The lowest BCUT2D eigenvalue weighted by Crippen LogP contribution is -2.41. The molecule has 0 spiro atoms. The largest absolute Gasteiger partial charge is 0.325 e. The van der Waals surface area contributed by atoms with Crippen molar-refractivity contribution < 1.29 is 18.4 Å². The molecule has 24 heavy (non-hydrogen) atoms. The van der Waals surface area contributed by atoms with E-state index in [-0.39, 0.29) is 12.1 Å². The van der Waals surface area contributed by atoms with Gasteiger partial charge in [0.25, 0.3) is 5.91 Å². The predicted octanol–water partition coefficient (Wildman–Crippen LogP) is 3.59. The van der Waals surface area contributed by atoms with E-state index < -0.39 is 29.1 Å². The third-order valence-electron chi connectivity index (χ3n) is 4.03. The first-order valence-electron chi connectivity index (χ1n) is 7.15. The molecule has 1 aliphatic rings. The van der Waals surface area contributed by atoms with Crippen molar-refractivity contribution in [2.45, 2.75) is 19.0 Å². The quantitative estimate of drug-likeness (QED) is 0.860. The Hall–Kier alpha value is -2.47. The molecule has 124 valence electrons. The fourth-order valence-corrected chi connectivity index (χ4v) is 2.74. The Morgan fingerprint density at radius 2 is 1.75 bits per heavy atom. The molecule has 1 atom stereocenters. The first kappa shape index (κ1) is 16.4. The van der Waals surface area contributed by atoms with Crippen LogP contribution in [0.5, 0.6) is 0 Å². The van der Waals surface area contributed by atoms with E-state index in [1.54, 1.807) is 24.3 Å². The molecule has 2 aromatic carbocycles. The van der Waals surface area contributed by atoms with Gasteiger partial charge in [-0.2, -0.15) is 0 Å². The van der Waals surface area contributed by atoms with E-state index >= 15 is 0 Å². The second-order valence-electron chi connectivity index (χ2n) is 5.70. The van der Waals surface area contributed by atoms with Gasteiger partial charge in [0, 0.05) is 5.02 Å². The molecular formula is C17H13ClF2N2O2. The Kier molecular flexibility index (Phi) is 4.01. The third kappa shape index (κ3) is 2.73. The molecule has 3 amide bonds. The summed E-state index contributed by atoms with van der Waals surface area (Å²) in [5, 5.41) is 3.09. The summed E-state index contributed by atoms with van der Waals surface area (Å²) in [6.45, 7) is 1.52. The van der Waals surface area contributed by atoms with Gasteiger partial charge in [0.2, 0.25) is 0 Å². The van der Waals surface area contributed by atoms with Crippen LogP contribution in [-0.4, -0.2) is 16.8 Å². The number of carbonyl (C=O) groups is 2. The van der Waals surface area contributed by atoms with Crippen molar-refractivity contribution in [3.8, 4) is 0 Å². The number of nitrogens with one attached hydrogen (secondary N) is 1. The molecule has 1 unspecified atom stereocenters. The molecule has 1 N–H and O–H groups in total. The van der Waals surface area contributed by atoms with Crippen LogP contribution in [0.4, 0.5) is 13.6 Å². The van der Waals surface area contributed by atoms with Gasteiger partial charge in [0.1, 0.15) is 5.54 Å². The molecule has 0 radical (unpaired) electrons. The summed E-state index contributed by atoms with van der Waals surface area (Å²) < 4.78 is 26.6. The van der Waals surface area contributed by atoms with Gasteiger partial charge in [-0.3, -0.25) is 9.69 Å². The number of amides is 3. The highest BCUT2D eigenvalue weighted by atomic mass is 35.5. The maximum atomic E-state index is 13.5. The number of benzene rings is 2. The fraction of sp³-hybridized carbons (Fsp3) is 0.176. The van der Waals surface area contributed by atoms with Gasteiger partial charge in [0.15, 0.2) is 11.6 Å². The van der Waals surface area contributed by atoms with Crippen molar-refractivity contribution in [1.29, 1.82) is 0 Å². The van der Waals surface area contributed by atoms with E-state index in [0.717, 1.165) is 22.6 Å². The highest BCUT2D eigenvalue weighted by molar-refractivity contribution is 6.30. The van der Waals surface area contributed by atoms with Crippen LogP contribution in [0.2, 0.25) is 5.02 Å². The highest BCUT2D eigenvalue weighted by Gasteiger charge is 2.49. The molecule has 1 heterocycles. The van der Waals surface area contributed by atoms with Gasteiger partial charge in [-0.05, 0) is 42.3 Å². The van der Waals surface area contributed by atoms with Gasteiger partial charge in [-0.1, -0.05) is 29.8 Å². The van der Waals surface area contributed by atoms with Crippen molar-refractivity contribution in [2.75, 3.05) is 0 Å². The van der Waals surface area contributed by atoms with Crippen LogP contribution in [0.3, 0.4) is 0 Å². The number of hydrogen-bond acceptors (Lipinski definition) is 2. The number of hydrogen-bond donors (Lipinski definition) is 1. The lowest BCUT2D eigenvalue weighted by molar-refractivity contribution is -0.131. The number of carbonyl (C=O) groups excluding carboxylic acids is 2. The average molecular weight is 351 g/mol. The summed E-state index contributed by atoms with van der Waals surface area (Å²) >= 11 is 5.81. The number of imide groups is 1. The van der Waals surface area contributed by atoms with Crippen molar-refractivity contribution >= 4 is 23.5 Å². The molecule has 0 bridgehead atoms. The molecule has 0 saturated carbocycles. The van der Waals surface area contributed by atoms with Gasteiger partial charge >= 0.3 is 6.03 Å².